The van der Waals surface area contributed by atoms with Crippen LogP contribution in [0.25, 0.3) is 5.57 Å². The molecule has 4 aliphatic carbocycles. The zero-order valence-electron chi connectivity index (χ0n) is 34.1. The third kappa shape index (κ3) is 11.0. The number of hydrogen-bond donors (Lipinski definition) is 0. The molecule has 6 heteroatoms. The maximum absolute atomic E-state index is 6.27. The summed E-state index contributed by atoms with van der Waals surface area (Å²) in [5.74, 6) is 0. The molecule has 3 saturated carbocycles. The Hall–Kier alpha value is -1.34. The SMILES string of the molecule is C1CCC([PH+](C2CCCCC2)C2CCCCC2)CC1.Cc1cc(C)c(N2[CH-]N(C)CC2)c(C)c1.Cc1ccc(C2=C[C](=[Ru]([Cl])[Cl])c3cc(C)ccc32)cc1. The predicted molar refractivity (Wildman–Crippen MR) is 239 cm³/mol. The summed E-state index contributed by atoms with van der Waals surface area (Å²) in [6, 6.07) is 19.6. The van der Waals surface area contributed by atoms with Crippen molar-refractivity contribution >= 4 is 42.7 Å². The molecule has 0 radical (unpaired) electrons. The van der Waals surface area contributed by atoms with Gasteiger partial charge in [-0.25, -0.2) is 0 Å². The first kappa shape index (κ1) is 42.3. The first-order chi connectivity index (χ1) is 26.1. The van der Waals surface area contributed by atoms with Crippen molar-refractivity contribution in [2.45, 2.75) is 148 Å². The van der Waals surface area contributed by atoms with E-state index >= 15 is 0 Å². The second-order valence-corrected chi connectivity index (χ2v) is 26.3. The molecule has 0 N–H and O–H groups in total. The Balaban J connectivity index is 0.000000140. The minimum atomic E-state index is -1.91. The van der Waals surface area contributed by atoms with E-state index in [0.29, 0.717) is 0 Å². The summed E-state index contributed by atoms with van der Waals surface area (Å²) in [6.07, 6.45) is 26.0. The number of aryl methyl sites for hydroxylation is 5. The molecule has 0 unspecified atom stereocenters. The third-order valence-corrected chi connectivity index (χ3v) is 20.4. The molecule has 0 aromatic heterocycles. The van der Waals surface area contributed by atoms with Crippen molar-refractivity contribution in [3.8, 4) is 0 Å². The standard InChI is InChI=1S/C18H33P.C17H14.C13H19N2.2ClH.Ru/c1-4-10-16(11-5-1)19(17-12-6-2-7-13-17)18-14-8-3-9-15-18;1-12-3-6-14(7-4-12)16-10-8-15-11-13(2)5-9-17(15)16;1-10-7-11(2)13(12(3)8-10)15-6-5-14(4)9-15;;;/h16-18H,1-15H2;3-7,9-11H,1-2H3;7-9H,5-6H2,1-4H3;2*1H;/q;;-1;;;+2/p-1. The van der Waals surface area contributed by atoms with Crippen LogP contribution in [0.3, 0.4) is 0 Å². The molecule has 8 rings (SSSR count). The fraction of sp³-hybridized carbons (Fsp3) is 0.542. The molecule has 3 aromatic rings. The Morgan fingerprint density at radius 3 is 1.56 bits per heavy atom. The molecule has 5 aliphatic rings. The number of benzene rings is 3. The molecule has 54 heavy (non-hydrogen) atoms. The predicted octanol–water partition coefficient (Wildman–Crippen LogP) is 13.9. The fourth-order valence-corrected chi connectivity index (χ4v) is 17.9. The molecule has 296 valence electrons. The number of hydrogen-bond acceptors (Lipinski definition) is 2. The number of nitrogens with zero attached hydrogens (tertiary/aromatic N) is 2. The summed E-state index contributed by atoms with van der Waals surface area (Å²) in [4.78, 5) is 4.59. The van der Waals surface area contributed by atoms with Crippen molar-refractivity contribution < 1.29 is 13.5 Å². The van der Waals surface area contributed by atoms with Crippen LogP contribution in [0.5, 0.6) is 0 Å². The molecule has 0 amide bonds. The number of halogens is 2. The topological polar surface area (TPSA) is 6.48 Å². The second-order valence-electron chi connectivity index (χ2n) is 17.0. The van der Waals surface area contributed by atoms with Crippen molar-refractivity contribution in [2.75, 3.05) is 25.0 Å². The molecule has 1 heterocycles. The molecule has 0 spiro atoms. The van der Waals surface area contributed by atoms with Crippen LogP contribution >= 0.6 is 27.3 Å². The summed E-state index contributed by atoms with van der Waals surface area (Å²) in [5, 5.41) is 0. The average Bonchev–Trinajstić information content (AvgIpc) is 3.77. The minimum absolute atomic E-state index is 0.0465. The Morgan fingerprint density at radius 2 is 1.09 bits per heavy atom. The van der Waals surface area contributed by atoms with Crippen LogP contribution in [0.4, 0.5) is 5.69 Å². The first-order valence-electron chi connectivity index (χ1n) is 21.1. The molecule has 3 aromatic carbocycles. The van der Waals surface area contributed by atoms with Crippen molar-refractivity contribution in [3.63, 3.8) is 0 Å². The zero-order valence-corrected chi connectivity index (χ0v) is 38.4. The van der Waals surface area contributed by atoms with Crippen LogP contribution in [-0.4, -0.2) is 46.1 Å². The Morgan fingerprint density at radius 1 is 0.593 bits per heavy atom. The van der Waals surface area contributed by atoms with Crippen LogP contribution in [0.15, 0.2) is 60.7 Å². The number of rotatable bonds is 5. The Bertz CT molecular complexity index is 1680. The van der Waals surface area contributed by atoms with Gasteiger partial charge in [-0.05, 0) is 123 Å². The van der Waals surface area contributed by atoms with Gasteiger partial charge in [-0.3, -0.25) is 0 Å². The van der Waals surface area contributed by atoms with E-state index in [1.54, 1.807) is 96.3 Å². The van der Waals surface area contributed by atoms with Gasteiger partial charge in [-0.1, -0.05) is 37.0 Å². The van der Waals surface area contributed by atoms with Crippen LogP contribution in [0.2, 0.25) is 0 Å². The van der Waals surface area contributed by atoms with Crippen LogP contribution in [-0.2, 0) is 13.5 Å². The maximum atomic E-state index is 6.27. The fourth-order valence-electron chi connectivity index (χ4n) is 10.2. The van der Waals surface area contributed by atoms with E-state index < -0.39 is 13.5 Å². The molecule has 0 bridgehead atoms. The molecule has 2 nitrogen and oxygen atoms in total. The van der Waals surface area contributed by atoms with Crippen LogP contribution in [0, 0.1) is 41.3 Å². The summed E-state index contributed by atoms with van der Waals surface area (Å²) < 4.78 is 1.13. The van der Waals surface area contributed by atoms with Crippen molar-refractivity contribution in [1.29, 1.82) is 0 Å². The molecular weight excluding hydrogens is 807 g/mol. The van der Waals surface area contributed by atoms with Gasteiger partial charge < -0.3 is 9.80 Å². The molecule has 1 saturated heterocycles. The van der Waals surface area contributed by atoms with E-state index in [0.717, 1.165) is 17.2 Å². The number of allylic oxidation sites excluding steroid dienone is 1. The monoisotopic (exact) mass is 874 g/mol. The first-order valence-corrected chi connectivity index (χ1v) is 28.2. The van der Waals surface area contributed by atoms with Gasteiger partial charge in [-0.2, -0.15) is 6.67 Å². The molecule has 4 fully saturated rings. The summed E-state index contributed by atoms with van der Waals surface area (Å²) >= 11 is -1.91. The van der Waals surface area contributed by atoms with Gasteiger partial charge in [0.25, 0.3) is 0 Å². The summed E-state index contributed by atoms with van der Waals surface area (Å²) in [6.45, 7) is 15.2. The number of fused-ring (bicyclic) bond motifs is 1. The van der Waals surface area contributed by atoms with Gasteiger partial charge in [0.05, 0.1) is 17.0 Å². The van der Waals surface area contributed by atoms with Crippen molar-refractivity contribution in [3.05, 3.63) is 112 Å². The van der Waals surface area contributed by atoms with E-state index in [1.807, 2.05) is 0 Å². The third-order valence-electron chi connectivity index (χ3n) is 12.7. The van der Waals surface area contributed by atoms with Gasteiger partial charge in [0.2, 0.25) is 0 Å². The van der Waals surface area contributed by atoms with E-state index in [9.17, 15) is 0 Å². The van der Waals surface area contributed by atoms with Crippen molar-refractivity contribution in [1.82, 2.24) is 4.90 Å². The van der Waals surface area contributed by atoms with Gasteiger partial charge in [0, 0.05) is 20.2 Å². The van der Waals surface area contributed by atoms with Crippen LogP contribution < -0.4 is 4.90 Å². The summed E-state index contributed by atoms with van der Waals surface area (Å²) in [7, 11) is 14.6. The quantitative estimate of drug-likeness (QED) is 0.143. The number of likely N-dealkylation sites (N-methyl/N-ethyl adjacent to an activating group) is 1. The molecule has 1 aliphatic heterocycles. The molecular formula is C48H67Cl2N2PRu. The number of anilines is 1. The van der Waals surface area contributed by atoms with Gasteiger partial charge >= 0.3 is 133 Å². The van der Waals surface area contributed by atoms with E-state index in [-0.39, 0.29) is 7.92 Å². The summed E-state index contributed by atoms with van der Waals surface area (Å²) in [5.41, 5.74) is 16.6. The zero-order chi connectivity index (χ0) is 38.2. The van der Waals surface area contributed by atoms with Gasteiger partial charge in [0.1, 0.15) is 0 Å². The van der Waals surface area contributed by atoms with Crippen LogP contribution in [0.1, 0.15) is 141 Å². The van der Waals surface area contributed by atoms with Gasteiger partial charge in [0.15, 0.2) is 0 Å². The normalized spacial score (nSPS) is 20.2. The van der Waals surface area contributed by atoms with E-state index in [4.69, 9.17) is 19.4 Å². The average molecular weight is 875 g/mol. The van der Waals surface area contributed by atoms with Gasteiger partial charge in [-0.15, -0.1) is 0 Å². The van der Waals surface area contributed by atoms with Crippen molar-refractivity contribution in [2.24, 2.45) is 0 Å². The second kappa shape index (κ2) is 20.4. The molecule has 0 atom stereocenters. The van der Waals surface area contributed by atoms with E-state index in [1.165, 1.54) is 72.7 Å². The Kier molecular flexibility index (Phi) is 16.0. The van der Waals surface area contributed by atoms with E-state index in [2.05, 4.69) is 119 Å². The Labute approximate surface area is 343 Å².